The maximum atomic E-state index is 11.4. The Balaban J connectivity index is 2.35. The van der Waals surface area contributed by atoms with E-state index in [1.165, 1.54) is 7.11 Å². The van der Waals surface area contributed by atoms with Gasteiger partial charge in [-0.2, -0.15) is 0 Å². The van der Waals surface area contributed by atoms with Crippen LogP contribution in [0, 0.1) is 11.8 Å². The van der Waals surface area contributed by atoms with Crippen molar-refractivity contribution in [1.82, 2.24) is 0 Å². The summed E-state index contributed by atoms with van der Waals surface area (Å²) in [5.41, 5.74) is 0. The predicted octanol–water partition coefficient (Wildman–Crippen LogP) is 3.81. The standard InChI is InChI=1S/C19H34O6/c1-5-9-16(14-20)10-7-6-8-11-19(23-4)13-15(2)17(24-25-19)12-18(21)22-3/h14-17H,5-13H2,1-4H3. The maximum absolute atomic E-state index is 11.4. The molecule has 25 heavy (non-hydrogen) atoms. The molecule has 0 aromatic heterocycles. The summed E-state index contributed by atoms with van der Waals surface area (Å²) < 4.78 is 10.3. The molecule has 146 valence electrons. The van der Waals surface area contributed by atoms with Gasteiger partial charge < -0.3 is 14.3 Å². The monoisotopic (exact) mass is 358 g/mol. The van der Waals surface area contributed by atoms with Gasteiger partial charge >= 0.3 is 5.97 Å². The fraction of sp³-hybridized carbons (Fsp3) is 0.895. The molecule has 1 saturated heterocycles. The van der Waals surface area contributed by atoms with Gasteiger partial charge in [-0.05, 0) is 25.2 Å². The topological polar surface area (TPSA) is 71.1 Å². The Labute approximate surface area is 151 Å². The van der Waals surface area contributed by atoms with Crippen molar-refractivity contribution in [3.8, 4) is 0 Å². The molecule has 1 rings (SSSR count). The number of aldehydes is 1. The largest absolute Gasteiger partial charge is 0.469 e. The second kappa shape index (κ2) is 11.6. The summed E-state index contributed by atoms with van der Waals surface area (Å²) in [6, 6.07) is 0. The minimum absolute atomic E-state index is 0.136. The van der Waals surface area contributed by atoms with Crippen LogP contribution in [-0.2, 0) is 28.8 Å². The molecule has 1 heterocycles. The van der Waals surface area contributed by atoms with Gasteiger partial charge in [0.25, 0.3) is 0 Å². The first-order valence-electron chi connectivity index (χ1n) is 9.42. The fourth-order valence-corrected chi connectivity index (χ4v) is 3.38. The minimum atomic E-state index is -0.750. The number of carbonyl (C=O) groups excluding carboxylic acids is 2. The second-order valence-electron chi connectivity index (χ2n) is 7.08. The summed E-state index contributed by atoms with van der Waals surface area (Å²) in [6.45, 7) is 4.14. The van der Waals surface area contributed by atoms with E-state index in [0.29, 0.717) is 6.42 Å². The van der Waals surface area contributed by atoms with Gasteiger partial charge in [-0.3, -0.25) is 4.79 Å². The van der Waals surface area contributed by atoms with Gasteiger partial charge in [-0.25, -0.2) is 9.78 Å². The fourth-order valence-electron chi connectivity index (χ4n) is 3.38. The van der Waals surface area contributed by atoms with Crippen molar-refractivity contribution in [2.24, 2.45) is 11.8 Å². The summed E-state index contributed by atoms with van der Waals surface area (Å²) in [6.07, 6.45) is 8.36. The summed E-state index contributed by atoms with van der Waals surface area (Å²) in [7, 11) is 2.99. The van der Waals surface area contributed by atoms with E-state index in [9.17, 15) is 9.59 Å². The predicted molar refractivity (Wildman–Crippen MR) is 93.7 cm³/mol. The third-order valence-corrected chi connectivity index (χ3v) is 5.04. The SMILES string of the molecule is CCCC(C=O)CCCCCC1(OC)CC(C)C(CC(=O)OC)OO1. The maximum Gasteiger partial charge on any atom is 0.308 e. The quantitative estimate of drug-likeness (QED) is 0.229. The molecule has 1 aliphatic heterocycles. The van der Waals surface area contributed by atoms with Crippen LogP contribution in [0.25, 0.3) is 0 Å². The first kappa shape index (κ1) is 22.1. The van der Waals surface area contributed by atoms with Gasteiger partial charge in [0.1, 0.15) is 12.4 Å². The third kappa shape index (κ3) is 7.42. The zero-order valence-electron chi connectivity index (χ0n) is 16.1. The molecule has 6 heteroatoms. The van der Waals surface area contributed by atoms with Crippen LogP contribution in [0.5, 0.6) is 0 Å². The molecule has 0 spiro atoms. The molecular weight excluding hydrogens is 324 g/mol. The van der Waals surface area contributed by atoms with Crippen LogP contribution in [0.2, 0.25) is 0 Å². The Morgan fingerprint density at radius 2 is 2.04 bits per heavy atom. The van der Waals surface area contributed by atoms with Crippen LogP contribution in [0.15, 0.2) is 0 Å². The molecule has 1 aliphatic rings. The van der Waals surface area contributed by atoms with Crippen molar-refractivity contribution >= 4 is 12.3 Å². The molecule has 0 aromatic rings. The van der Waals surface area contributed by atoms with E-state index >= 15 is 0 Å². The van der Waals surface area contributed by atoms with Crippen LogP contribution >= 0.6 is 0 Å². The van der Waals surface area contributed by atoms with Crippen LogP contribution in [0.1, 0.15) is 71.6 Å². The molecule has 0 radical (unpaired) electrons. The number of hydrogen-bond donors (Lipinski definition) is 0. The van der Waals surface area contributed by atoms with E-state index < -0.39 is 5.79 Å². The van der Waals surface area contributed by atoms with Gasteiger partial charge in [0, 0.05) is 25.9 Å². The Morgan fingerprint density at radius 3 is 2.60 bits per heavy atom. The van der Waals surface area contributed by atoms with Crippen LogP contribution in [0.3, 0.4) is 0 Å². The summed E-state index contributed by atoms with van der Waals surface area (Å²) in [5.74, 6) is -0.729. The molecule has 4 unspecified atom stereocenters. The number of carbonyl (C=O) groups is 2. The normalized spacial score (nSPS) is 27.7. The highest BCUT2D eigenvalue weighted by Gasteiger charge is 2.42. The van der Waals surface area contributed by atoms with E-state index in [-0.39, 0.29) is 30.3 Å². The summed E-state index contributed by atoms with van der Waals surface area (Å²) in [5, 5.41) is 0. The average molecular weight is 358 g/mol. The molecule has 1 fully saturated rings. The molecule has 6 nitrogen and oxygen atoms in total. The second-order valence-corrected chi connectivity index (χ2v) is 7.08. The van der Waals surface area contributed by atoms with Crippen molar-refractivity contribution < 1.29 is 28.8 Å². The number of ether oxygens (including phenoxy) is 2. The van der Waals surface area contributed by atoms with Crippen molar-refractivity contribution in [2.75, 3.05) is 14.2 Å². The first-order valence-corrected chi connectivity index (χ1v) is 9.42. The number of esters is 1. The van der Waals surface area contributed by atoms with E-state index in [1.54, 1.807) is 7.11 Å². The lowest BCUT2D eigenvalue weighted by Crippen LogP contribution is -2.46. The van der Waals surface area contributed by atoms with Gasteiger partial charge in [-0.1, -0.05) is 33.1 Å². The van der Waals surface area contributed by atoms with E-state index in [1.807, 2.05) is 6.92 Å². The van der Waals surface area contributed by atoms with Crippen LogP contribution in [0.4, 0.5) is 0 Å². The van der Waals surface area contributed by atoms with Crippen molar-refractivity contribution in [3.63, 3.8) is 0 Å². The lowest BCUT2D eigenvalue weighted by Gasteiger charge is -2.40. The summed E-state index contributed by atoms with van der Waals surface area (Å²) >= 11 is 0. The van der Waals surface area contributed by atoms with E-state index in [4.69, 9.17) is 14.5 Å². The van der Waals surface area contributed by atoms with Gasteiger partial charge in [0.05, 0.1) is 13.5 Å². The average Bonchev–Trinajstić information content (AvgIpc) is 2.62. The molecule has 0 aromatic carbocycles. The molecule has 0 saturated carbocycles. The van der Waals surface area contributed by atoms with Crippen molar-refractivity contribution in [2.45, 2.75) is 83.5 Å². The van der Waals surface area contributed by atoms with Crippen molar-refractivity contribution in [1.29, 1.82) is 0 Å². The van der Waals surface area contributed by atoms with Gasteiger partial charge in [0.15, 0.2) is 0 Å². The first-order chi connectivity index (χ1) is 12.0. The number of unbranched alkanes of at least 4 members (excludes halogenated alkanes) is 2. The highest BCUT2D eigenvalue weighted by Crippen LogP contribution is 2.37. The molecule has 4 atom stereocenters. The van der Waals surface area contributed by atoms with Gasteiger partial charge in [0.2, 0.25) is 5.79 Å². The minimum Gasteiger partial charge on any atom is -0.469 e. The number of hydrogen-bond acceptors (Lipinski definition) is 6. The zero-order chi connectivity index (χ0) is 18.7. The Kier molecular flexibility index (Phi) is 10.2. The molecule has 0 amide bonds. The lowest BCUT2D eigenvalue weighted by atomic mass is 9.89. The molecule has 0 N–H and O–H groups in total. The zero-order valence-corrected chi connectivity index (χ0v) is 16.1. The van der Waals surface area contributed by atoms with Gasteiger partial charge in [-0.15, -0.1) is 0 Å². The highest BCUT2D eigenvalue weighted by atomic mass is 17.2. The van der Waals surface area contributed by atoms with E-state index in [2.05, 4.69) is 11.7 Å². The summed E-state index contributed by atoms with van der Waals surface area (Å²) in [4.78, 5) is 33.4. The highest BCUT2D eigenvalue weighted by molar-refractivity contribution is 5.69. The lowest BCUT2D eigenvalue weighted by molar-refractivity contribution is -0.475. The third-order valence-electron chi connectivity index (χ3n) is 5.04. The van der Waals surface area contributed by atoms with Crippen molar-refractivity contribution in [3.05, 3.63) is 0 Å². The molecule has 0 bridgehead atoms. The van der Waals surface area contributed by atoms with E-state index in [0.717, 1.165) is 51.2 Å². The smallest absolute Gasteiger partial charge is 0.308 e. The Bertz CT molecular complexity index is 399. The Hall–Kier alpha value is -0.980. The number of rotatable bonds is 12. The van der Waals surface area contributed by atoms with Crippen LogP contribution in [-0.4, -0.2) is 38.4 Å². The van der Waals surface area contributed by atoms with Crippen LogP contribution < -0.4 is 0 Å². The molecular formula is C19H34O6. The number of methoxy groups -OCH3 is 2. The molecule has 0 aliphatic carbocycles. The Morgan fingerprint density at radius 1 is 1.28 bits per heavy atom.